The second-order valence-corrected chi connectivity index (χ2v) is 5.23. The molecular formula is C18H22FN. The van der Waals surface area contributed by atoms with Crippen molar-refractivity contribution in [1.29, 1.82) is 0 Å². The van der Waals surface area contributed by atoms with E-state index in [1.807, 2.05) is 12.1 Å². The van der Waals surface area contributed by atoms with Crippen LogP contribution in [0.3, 0.4) is 0 Å². The number of benzene rings is 2. The van der Waals surface area contributed by atoms with Crippen molar-refractivity contribution in [2.75, 3.05) is 0 Å². The van der Waals surface area contributed by atoms with E-state index in [1.165, 1.54) is 11.1 Å². The van der Waals surface area contributed by atoms with E-state index in [2.05, 4.69) is 43.4 Å². The Morgan fingerprint density at radius 1 is 1.10 bits per heavy atom. The molecule has 20 heavy (non-hydrogen) atoms. The van der Waals surface area contributed by atoms with Gasteiger partial charge in [0.05, 0.1) is 0 Å². The molecule has 106 valence electrons. The van der Waals surface area contributed by atoms with Crippen molar-refractivity contribution < 1.29 is 4.39 Å². The van der Waals surface area contributed by atoms with Crippen LogP contribution in [0, 0.1) is 12.7 Å². The van der Waals surface area contributed by atoms with E-state index in [0.29, 0.717) is 5.56 Å². The van der Waals surface area contributed by atoms with Crippen LogP contribution in [0.1, 0.15) is 42.1 Å². The molecule has 2 aromatic rings. The summed E-state index contributed by atoms with van der Waals surface area (Å²) in [6.07, 6.45) is 1.03. The van der Waals surface area contributed by atoms with Gasteiger partial charge in [-0.1, -0.05) is 43.3 Å². The highest BCUT2D eigenvalue weighted by Crippen LogP contribution is 2.17. The Balaban J connectivity index is 2.04. The number of nitrogens with one attached hydrogen (secondary N) is 1. The Hall–Kier alpha value is -1.67. The molecule has 1 atom stereocenters. The summed E-state index contributed by atoms with van der Waals surface area (Å²) in [5, 5.41) is 3.47. The highest BCUT2D eigenvalue weighted by atomic mass is 19.1. The Labute approximate surface area is 120 Å². The normalized spacial score (nSPS) is 12.4. The zero-order chi connectivity index (χ0) is 14.5. The average Bonchev–Trinajstić information content (AvgIpc) is 2.47. The maximum absolute atomic E-state index is 13.6. The van der Waals surface area contributed by atoms with Crippen molar-refractivity contribution in [3.05, 3.63) is 70.5 Å². The molecule has 0 spiro atoms. The van der Waals surface area contributed by atoms with Crippen LogP contribution >= 0.6 is 0 Å². The number of halogens is 1. The van der Waals surface area contributed by atoms with Crippen LogP contribution in [0.5, 0.6) is 0 Å². The fourth-order valence-electron chi connectivity index (χ4n) is 2.33. The fraction of sp³-hybridized carbons (Fsp3) is 0.333. The molecule has 2 rings (SSSR count). The minimum absolute atomic E-state index is 0.134. The highest BCUT2D eigenvalue weighted by Gasteiger charge is 2.08. The lowest BCUT2D eigenvalue weighted by molar-refractivity contribution is 0.561. The molecule has 0 aliphatic rings. The number of rotatable bonds is 5. The third-order valence-corrected chi connectivity index (χ3v) is 3.79. The van der Waals surface area contributed by atoms with Crippen LogP contribution in [0.25, 0.3) is 0 Å². The monoisotopic (exact) mass is 271 g/mol. The molecule has 0 aromatic heterocycles. The van der Waals surface area contributed by atoms with E-state index < -0.39 is 0 Å². The molecule has 0 fully saturated rings. The average molecular weight is 271 g/mol. The van der Waals surface area contributed by atoms with Gasteiger partial charge in [-0.3, -0.25) is 0 Å². The smallest absolute Gasteiger partial charge is 0.126 e. The maximum Gasteiger partial charge on any atom is 0.126 e. The van der Waals surface area contributed by atoms with Gasteiger partial charge in [-0.2, -0.15) is 0 Å². The first-order valence-corrected chi connectivity index (χ1v) is 7.18. The van der Waals surface area contributed by atoms with Crippen LogP contribution in [0.4, 0.5) is 4.39 Å². The third kappa shape index (κ3) is 3.45. The lowest BCUT2D eigenvalue weighted by Gasteiger charge is -2.16. The molecule has 2 aromatic carbocycles. The van der Waals surface area contributed by atoms with Gasteiger partial charge in [-0.15, -0.1) is 0 Å². The summed E-state index contributed by atoms with van der Waals surface area (Å²) in [6.45, 7) is 6.83. The van der Waals surface area contributed by atoms with Gasteiger partial charge in [-0.05, 0) is 48.6 Å². The molecule has 2 heteroatoms. The first-order valence-electron chi connectivity index (χ1n) is 7.18. The number of aryl methyl sites for hydroxylation is 2. The zero-order valence-electron chi connectivity index (χ0n) is 12.4. The van der Waals surface area contributed by atoms with Crippen molar-refractivity contribution in [1.82, 2.24) is 5.32 Å². The predicted molar refractivity (Wildman–Crippen MR) is 82.2 cm³/mol. The van der Waals surface area contributed by atoms with E-state index in [1.54, 1.807) is 13.0 Å². The van der Waals surface area contributed by atoms with Gasteiger partial charge >= 0.3 is 0 Å². The molecule has 1 unspecified atom stereocenters. The molecule has 0 amide bonds. The summed E-state index contributed by atoms with van der Waals surface area (Å²) in [5.41, 5.74) is 4.36. The van der Waals surface area contributed by atoms with Gasteiger partial charge in [0.1, 0.15) is 5.82 Å². The lowest BCUT2D eigenvalue weighted by Crippen LogP contribution is -2.19. The topological polar surface area (TPSA) is 12.0 Å². The zero-order valence-corrected chi connectivity index (χ0v) is 12.4. The van der Waals surface area contributed by atoms with E-state index in [0.717, 1.165) is 18.5 Å². The second-order valence-electron chi connectivity index (χ2n) is 5.23. The van der Waals surface area contributed by atoms with E-state index >= 15 is 0 Å². The fourth-order valence-corrected chi connectivity index (χ4v) is 2.33. The van der Waals surface area contributed by atoms with Crippen LogP contribution < -0.4 is 5.32 Å². The van der Waals surface area contributed by atoms with Crippen LogP contribution in [-0.2, 0) is 13.0 Å². The quantitative estimate of drug-likeness (QED) is 0.841. The van der Waals surface area contributed by atoms with Crippen LogP contribution in [0.15, 0.2) is 42.5 Å². The lowest BCUT2D eigenvalue weighted by atomic mass is 10.0. The van der Waals surface area contributed by atoms with Gasteiger partial charge in [0.15, 0.2) is 0 Å². The van der Waals surface area contributed by atoms with E-state index in [9.17, 15) is 4.39 Å². The molecular weight excluding hydrogens is 249 g/mol. The van der Waals surface area contributed by atoms with E-state index in [4.69, 9.17) is 0 Å². The van der Waals surface area contributed by atoms with Crippen molar-refractivity contribution in [2.24, 2.45) is 0 Å². The number of hydrogen-bond acceptors (Lipinski definition) is 1. The molecule has 0 saturated heterocycles. The van der Waals surface area contributed by atoms with Gasteiger partial charge in [0.2, 0.25) is 0 Å². The van der Waals surface area contributed by atoms with Crippen molar-refractivity contribution in [3.63, 3.8) is 0 Å². The number of hydrogen-bond donors (Lipinski definition) is 1. The maximum atomic E-state index is 13.6. The summed E-state index contributed by atoms with van der Waals surface area (Å²) >= 11 is 0. The van der Waals surface area contributed by atoms with Gasteiger partial charge < -0.3 is 5.32 Å². The molecule has 0 bridgehead atoms. The summed E-state index contributed by atoms with van der Waals surface area (Å²) in [6, 6.07) is 14.0. The molecule has 0 aliphatic carbocycles. The first kappa shape index (κ1) is 14.7. The summed E-state index contributed by atoms with van der Waals surface area (Å²) in [4.78, 5) is 0. The van der Waals surface area contributed by atoms with Crippen LogP contribution in [-0.4, -0.2) is 0 Å². The van der Waals surface area contributed by atoms with Crippen LogP contribution in [0.2, 0.25) is 0 Å². The molecule has 0 radical (unpaired) electrons. The highest BCUT2D eigenvalue weighted by molar-refractivity contribution is 5.28. The molecule has 0 aliphatic heterocycles. The van der Waals surface area contributed by atoms with Gasteiger partial charge in [0.25, 0.3) is 0 Å². The van der Waals surface area contributed by atoms with E-state index in [-0.39, 0.29) is 11.9 Å². The summed E-state index contributed by atoms with van der Waals surface area (Å²) in [5.74, 6) is -0.134. The minimum Gasteiger partial charge on any atom is -0.306 e. The molecule has 0 saturated carbocycles. The molecule has 1 N–H and O–H groups in total. The third-order valence-electron chi connectivity index (χ3n) is 3.79. The van der Waals surface area contributed by atoms with Gasteiger partial charge in [0, 0.05) is 12.6 Å². The Bertz CT molecular complexity index is 577. The van der Waals surface area contributed by atoms with Gasteiger partial charge in [-0.25, -0.2) is 4.39 Å². The molecule has 0 heterocycles. The van der Waals surface area contributed by atoms with Crippen molar-refractivity contribution in [2.45, 2.75) is 39.8 Å². The standard InChI is InChI=1S/C18H22FN/c1-4-15-7-5-6-8-17(15)12-20-14(3)16-10-9-13(2)18(19)11-16/h5-11,14,20H,4,12H2,1-3H3. The molecule has 1 nitrogen and oxygen atoms in total. The minimum atomic E-state index is -0.134. The van der Waals surface area contributed by atoms with Crippen molar-refractivity contribution in [3.8, 4) is 0 Å². The predicted octanol–water partition coefficient (Wildman–Crippen LogP) is 4.55. The first-order chi connectivity index (χ1) is 9.61. The SMILES string of the molecule is CCc1ccccc1CNC(C)c1ccc(C)c(F)c1. The Morgan fingerprint density at radius 3 is 2.45 bits per heavy atom. The summed E-state index contributed by atoms with van der Waals surface area (Å²) in [7, 11) is 0. The Kier molecular flexibility index (Phi) is 4.91. The largest absolute Gasteiger partial charge is 0.306 e. The summed E-state index contributed by atoms with van der Waals surface area (Å²) < 4.78 is 13.6. The van der Waals surface area contributed by atoms with Crippen molar-refractivity contribution >= 4 is 0 Å². The Morgan fingerprint density at radius 2 is 1.80 bits per heavy atom. The second kappa shape index (κ2) is 6.67.